The molecule has 0 aromatic heterocycles. The Morgan fingerprint density at radius 1 is 1.05 bits per heavy atom. The van der Waals surface area contributed by atoms with Gasteiger partial charge in [-0.2, -0.15) is 0 Å². The Labute approximate surface area is 139 Å². The minimum Gasteiger partial charge on any atom is -0.550 e. The first-order chi connectivity index (χ1) is 9.08. The summed E-state index contributed by atoms with van der Waals surface area (Å²) in [6.45, 7) is 0. The standard InChI is InChI=1S/C14H11Cl2NO2.Zn/c15-10-5-3-6-11(16)14(10)17-12-7-2-1-4-9(12)8-13(18)19;/h1-7,17H,8H2,(H,18,19);/p-1. The number of halogens is 2. The Bertz CT molecular complexity index is 600. The van der Waals surface area contributed by atoms with Crippen molar-refractivity contribution in [3.63, 3.8) is 0 Å². The third kappa shape index (κ3) is 4.21. The molecule has 0 spiro atoms. The van der Waals surface area contributed by atoms with E-state index in [9.17, 15) is 9.90 Å². The van der Waals surface area contributed by atoms with Gasteiger partial charge >= 0.3 is 0 Å². The molecule has 0 atom stereocenters. The fourth-order valence-corrected chi connectivity index (χ4v) is 2.20. The van der Waals surface area contributed by atoms with Crippen LogP contribution in [0.15, 0.2) is 42.5 Å². The Kier molecular flexibility index (Phi) is 6.47. The number of hydrogen-bond acceptors (Lipinski definition) is 3. The summed E-state index contributed by atoms with van der Waals surface area (Å²) in [5.74, 6) is -1.14. The van der Waals surface area contributed by atoms with E-state index in [4.69, 9.17) is 23.2 Å². The third-order valence-electron chi connectivity index (χ3n) is 2.57. The minimum absolute atomic E-state index is 0. The molecule has 3 nitrogen and oxygen atoms in total. The van der Waals surface area contributed by atoms with Crippen molar-refractivity contribution in [3.05, 3.63) is 58.1 Å². The number of carbonyl (C=O) groups excluding carboxylic acids is 1. The molecule has 0 heterocycles. The van der Waals surface area contributed by atoms with Gasteiger partial charge in [0.15, 0.2) is 0 Å². The van der Waals surface area contributed by atoms with E-state index in [1.165, 1.54) is 0 Å². The van der Waals surface area contributed by atoms with Crippen LogP contribution >= 0.6 is 23.2 Å². The number of carboxylic acids is 1. The summed E-state index contributed by atoms with van der Waals surface area (Å²) in [6.07, 6.45) is -0.175. The molecular formula is C14H10Cl2NO2Zn-. The molecule has 2 aromatic carbocycles. The topological polar surface area (TPSA) is 52.2 Å². The molecule has 0 saturated carbocycles. The zero-order valence-electron chi connectivity index (χ0n) is 10.5. The quantitative estimate of drug-likeness (QED) is 0.853. The fraction of sp³-hybridized carbons (Fsp3) is 0.0714. The molecule has 20 heavy (non-hydrogen) atoms. The van der Waals surface area contributed by atoms with Crippen molar-refractivity contribution in [2.75, 3.05) is 5.32 Å². The number of benzene rings is 2. The number of anilines is 2. The van der Waals surface area contributed by atoms with Crippen LogP contribution in [0, 0.1) is 0 Å². The van der Waals surface area contributed by atoms with Crippen molar-refractivity contribution >= 4 is 40.5 Å². The second-order valence-electron chi connectivity index (χ2n) is 3.93. The number of rotatable bonds is 4. The van der Waals surface area contributed by atoms with Crippen molar-refractivity contribution < 1.29 is 29.4 Å². The second-order valence-corrected chi connectivity index (χ2v) is 4.74. The van der Waals surface area contributed by atoms with Gasteiger partial charge < -0.3 is 15.2 Å². The van der Waals surface area contributed by atoms with Gasteiger partial charge in [-0.05, 0) is 23.8 Å². The van der Waals surface area contributed by atoms with Gasteiger partial charge in [-0.15, -0.1) is 0 Å². The fourth-order valence-electron chi connectivity index (χ4n) is 1.70. The molecule has 2 aromatic rings. The maximum absolute atomic E-state index is 10.7. The van der Waals surface area contributed by atoms with Crippen LogP contribution in [0.4, 0.5) is 11.4 Å². The van der Waals surface area contributed by atoms with Gasteiger partial charge in [-0.3, -0.25) is 0 Å². The van der Waals surface area contributed by atoms with Crippen molar-refractivity contribution in [3.8, 4) is 0 Å². The Morgan fingerprint density at radius 2 is 1.65 bits per heavy atom. The van der Waals surface area contributed by atoms with Gasteiger partial charge in [0.05, 0.1) is 15.7 Å². The molecule has 0 aliphatic heterocycles. The molecule has 0 bridgehead atoms. The SMILES string of the molecule is O=C([O-])Cc1ccccc1Nc1c(Cl)cccc1Cl.[Zn]. The predicted molar refractivity (Wildman–Crippen MR) is 74.9 cm³/mol. The Morgan fingerprint density at radius 3 is 2.25 bits per heavy atom. The van der Waals surface area contributed by atoms with E-state index in [2.05, 4.69) is 5.32 Å². The van der Waals surface area contributed by atoms with E-state index < -0.39 is 5.97 Å². The van der Waals surface area contributed by atoms with Crippen LogP contribution in [-0.4, -0.2) is 5.97 Å². The van der Waals surface area contributed by atoms with Gasteiger partial charge in [-0.25, -0.2) is 0 Å². The van der Waals surface area contributed by atoms with E-state index in [1.54, 1.807) is 42.5 Å². The molecule has 2 rings (SSSR count). The summed E-state index contributed by atoms with van der Waals surface area (Å²) in [5.41, 5.74) is 1.80. The normalized spacial score (nSPS) is 9.70. The van der Waals surface area contributed by atoms with Crippen LogP contribution < -0.4 is 10.4 Å². The number of aliphatic carboxylic acids is 1. The zero-order chi connectivity index (χ0) is 13.8. The van der Waals surface area contributed by atoms with Crippen LogP contribution in [0.25, 0.3) is 0 Å². The van der Waals surface area contributed by atoms with Crippen molar-refractivity contribution in [1.82, 2.24) is 0 Å². The average molecular weight is 361 g/mol. The minimum atomic E-state index is -1.14. The molecule has 0 saturated heterocycles. The first-order valence-electron chi connectivity index (χ1n) is 5.56. The maximum atomic E-state index is 10.7. The first-order valence-corrected chi connectivity index (χ1v) is 6.32. The van der Waals surface area contributed by atoms with Crippen LogP contribution in [-0.2, 0) is 30.7 Å². The molecule has 100 valence electrons. The number of hydrogen-bond donors (Lipinski definition) is 1. The Hall–Kier alpha value is -1.09. The van der Waals surface area contributed by atoms with Gasteiger partial charge in [0.2, 0.25) is 0 Å². The molecule has 0 amide bonds. The van der Waals surface area contributed by atoms with E-state index in [1.807, 2.05) is 0 Å². The van der Waals surface area contributed by atoms with Crippen LogP contribution in [0.3, 0.4) is 0 Å². The molecule has 0 unspecified atom stereocenters. The van der Waals surface area contributed by atoms with E-state index in [-0.39, 0.29) is 25.9 Å². The largest absolute Gasteiger partial charge is 0.550 e. The molecule has 1 N–H and O–H groups in total. The molecule has 6 heteroatoms. The third-order valence-corrected chi connectivity index (χ3v) is 3.20. The summed E-state index contributed by atoms with van der Waals surface area (Å²) >= 11 is 12.1. The van der Waals surface area contributed by atoms with E-state index in [0.29, 0.717) is 27.0 Å². The number of para-hydroxylation sites is 2. The van der Waals surface area contributed by atoms with Crippen LogP contribution in [0.1, 0.15) is 5.56 Å². The van der Waals surface area contributed by atoms with Crippen molar-refractivity contribution in [2.24, 2.45) is 0 Å². The van der Waals surface area contributed by atoms with E-state index >= 15 is 0 Å². The molecule has 0 aliphatic rings. The average Bonchev–Trinajstić information content (AvgIpc) is 2.35. The summed E-state index contributed by atoms with van der Waals surface area (Å²) in [5, 5.41) is 14.7. The molecule has 0 fully saturated rings. The number of carboxylic acid groups (broad SMARTS) is 1. The monoisotopic (exact) mass is 358 g/mol. The van der Waals surface area contributed by atoms with Gasteiger partial charge in [-0.1, -0.05) is 47.5 Å². The van der Waals surface area contributed by atoms with Gasteiger partial charge in [0, 0.05) is 37.6 Å². The Balaban J connectivity index is 0.00000200. The van der Waals surface area contributed by atoms with Crippen molar-refractivity contribution in [2.45, 2.75) is 6.42 Å². The number of carbonyl (C=O) groups is 1. The summed E-state index contributed by atoms with van der Waals surface area (Å²) in [4.78, 5) is 10.7. The van der Waals surface area contributed by atoms with Gasteiger partial charge in [0.1, 0.15) is 0 Å². The summed E-state index contributed by atoms with van der Waals surface area (Å²) < 4.78 is 0. The zero-order valence-corrected chi connectivity index (χ0v) is 15.0. The smallest absolute Gasteiger partial charge is 0.0762 e. The molecule has 0 radical (unpaired) electrons. The number of nitrogens with one attached hydrogen (secondary N) is 1. The predicted octanol–water partition coefficient (Wildman–Crippen LogP) is 3.03. The maximum Gasteiger partial charge on any atom is 0.0762 e. The van der Waals surface area contributed by atoms with E-state index in [0.717, 1.165) is 0 Å². The van der Waals surface area contributed by atoms with Crippen LogP contribution in [0.5, 0.6) is 0 Å². The first kappa shape index (κ1) is 17.0. The summed E-state index contributed by atoms with van der Waals surface area (Å²) in [6, 6.07) is 12.2. The van der Waals surface area contributed by atoms with Gasteiger partial charge in [0.25, 0.3) is 0 Å². The van der Waals surface area contributed by atoms with Crippen molar-refractivity contribution in [1.29, 1.82) is 0 Å². The van der Waals surface area contributed by atoms with Crippen LogP contribution in [0.2, 0.25) is 10.0 Å². The molecule has 0 aliphatic carbocycles. The molecular weight excluding hydrogens is 350 g/mol. The summed E-state index contributed by atoms with van der Waals surface area (Å²) in [7, 11) is 0. The second kappa shape index (κ2) is 7.63.